The van der Waals surface area contributed by atoms with Gasteiger partial charge in [0.1, 0.15) is 7.11 Å². The van der Waals surface area contributed by atoms with Gasteiger partial charge in [0.15, 0.2) is 5.83 Å². The summed E-state index contributed by atoms with van der Waals surface area (Å²) in [5.74, 6) is -2.51. The van der Waals surface area contributed by atoms with Crippen molar-refractivity contribution in [1.29, 1.82) is 0 Å². The van der Waals surface area contributed by atoms with E-state index in [4.69, 9.17) is 0 Å². The van der Waals surface area contributed by atoms with Gasteiger partial charge < -0.3 is 4.84 Å². The summed E-state index contributed by atoms with van der Waals surface area (Å²) in [5, 5.41) is 3.42. The molecule has 0 radical (unpaired) electrons. The maximum atomic E-state index is 12.6. The first-order valence-electron chi connectivity index (χ1n) is 4.81. The van der Waals surface area contributed by atoms with Crippen molar-refractivity contribution >= 4 is 27.4 Å². The van der Waals surface area contributed by atoms with Crippen LogP contribution in [-0.4, -0.2) is 32.5 Å². The smallest absolute Gasteiger partial charge is 0.301 e. The quantitative estimate of drug-likeness (QED) is 0.597. The second-order valence-electron chi connectivity index (χ2n) is 3.18. The van der Waals surface area contributed by atoms with Gasteiger partial charge >= 0.3 is 6.08 Å². The number of oxime groups is 1. The summed E-state index contributed by atoms with van der Waals surface area (Å²) in [7, 11) is -2.58. The Balaban J connectivity index is 2.81. The van der Waals surface area contributed by atoms with Gasteiger partial charge in [0.25, 0.3) is 0 Å². The minimum absolute atomic E-state index is 0.280. The van der Waals surface area contributed by atoms with Crippen LogP contribution in [0.1, 0.15) is 11.3 Å². The van der Waals surface area contributed by atoms with Gasteiger partial charge in [-0.1, -0.05) is 5.16 Å². The summed E-state index contributed by atoms with van der Waals surface area (Å²) in [6.07, 6.45) is -0.908. The zero-order valence-electron chi connectivity index (χ0n) is 9.64. The molecule has 1 aromatic heterocycles. The highest BCUT2D eigenvalue weighted by Gasteiger charge is 2.20. The number of thiazole rings is 1. The molecule has 1 rings (SSSR count). The van der Waals surface area contributed by atoms with Crippen LogP contribution in [0.2, 0.25) is 0 Å². The van der Waals surface area contributed by atoms with Gasteiger partial charge in [-0.05, 0) is 0 Å². The minimum atomic E-state index is -3.90. The number of rotatable bonds is 6. The second-order valence-corrected chi connectivity index (χ2v) is 6.52. The molecule has 0 unspecified atom stereocenters. The van der Waals surface area contributed by atoms with Crippen LogP contribution in [0.4, 0.5) is 13.2 Å². The van der Waals surface area contributed by atoms with Crippen LogP contribution in [0.5, 0.6) is 0 Å². The summed E-state index contributed by atoms with van der Waals surface area (Å²) in [4.78, 5) is 8.44. The molecule has 0 aliphatic heterocycles. The number of hydrogen-bond acceptors (Lipinski definition) is 6. The van der Waals surface area contributed by atoms with Gasteiger partial charge in [0.2, 0.25) is 14.2 Å². The van der Waals surface area contributed by atoms with Crippen LogP contribution < -0.4 is 0 Å². The molecule has 0 bridgehead atoms. The summed E-state index contributed by atoms with van der Waals surface area (Å²) >= 11 is 0.785. The van der Waals surface area contributed by atoms with Crippen molar-refractivity contribution in [3.63, 3.8) is 0 Å². The molecule has 0 atom stereocenters. The van der Waals surface area contributed by atoms with E-state index in [0.29, 0.717) is 4.88 Å². The molecule has 0 fully saturated rings. The number of hydrogen-bond donors (Lipinski definition) is 0. The van der Waals surface area contributed by atoms with Gasteiger partial charge in [-0.15, -0.1) is 11.3 Å². The van der Waals surface area contributed by atoms with Crippen LogP contribution in [-0.2, 0) is 14.7 Å². The molecule has 1 aromatic rings. The Morgan fingerprint density at radius 2 is 2.21 bits per heavy atom. The summed E-state index contributed by atoms with van der Waals surface area (Å²) < 4.78 is 59.3. The average molecular weight is 314 g/mol. The molecule has 0 N–H and O–H groups in total. The van der Waals surface area contributed by atoms with Gasteiger partial charge in [-0.3, -0.25) is 0 Å². The van der Waals surface area contributed by atoms with Crippen LogP contribution in [0.3, 0.4) is 0 Å². The first-order valence-corrected chi connectivity index (χ1v) is 7.28. The number of nitrogens with zero attached hydrogens (tertiary/aromatic N) is 2. The Bertz CT molecular complexity index is 592. The highest BCUT2D eigenvalue weighted by molar-refractivity contribution is 7.93. The molecular formula is C9H9F3N2O3S2. The highest BCUT2D eigenvalue weighted by Crippen LogP contribution is 2.21. The third-order valence-electron chi connectivity index (χ3n) is 1.85. The predicted octanol–water partition coefficient (Wildman–Crippen LogP) is 2.36. The average Bonchev–Trinajstić information content (AvgIpc) is 2.82. The fourth-order valence-electron chi connectivity index (χ4n) is 0.984. The van der Waals surface area contributed by atoms with Crippen molar-refractivity contribution < 1.29 is 26.4 Å². The molecule has 0 aliphatic rings. The van der Waals surface area contributed by atoms with Crippen LogP contribution in [0.15, 0.2) is 27.6 Å². The number of allylic oxidation sites excluding steroid dienone is 1. The van der Waals surface area contributed by atoms with Gasteiger partial charge in [0, 0.05) is 12.6 Å². The molecule has 0 amide bonds. The third-order valence-corrected chi connectivity index (χ3v) is 4.97. The van der Waals surface area contributed by atoms with E-state index in [-0.39, 0.29) is 4.34 Å². The molecule has 10 heteroatoms. The fraction of sp³-hybridized carbons (Fsp3) is 0.333. The van der Waals surface area contributed by atoms with E-state index < -0.39 is 33.9 Å². The summed E-state index contributed by atoms with van der Waals surface area (Å²) in [6, 6.07) is 0. The molecule has 0 saturated carbocycles. The van der Waals surface area contributed by atoms with E-state index in [2.05, 4.69) is 15.0 Å². The molecular weight excluding hydrogens is 305 g/mol. The van der Waals surface area contributed by atoms with Crippen molar-refractivity contribution in [2.24, 2.45) is 5.16 Å². The lowest BCUT2D eigenvalue weighted by atomic mass is 10.4. The van der Waals surface area contributed by atoms with E-state index >= 15 is 0 Å². The first-order chi connectivity index (χ1) is 8.86. The van der Waals surface area contributed by atoms with Crippen LogP contribution in [0, 0.1) is 0 Å². The Kier molecular flexibility index (Phi) is 5.48. The number of aromatic nitrogens is 1. The van der Waals surface area contributed by atoms with Gasteiger partial charge in [-0.2, -0.15) is 8.78 Å². The third kappa shape index (κ3) is 4.63. The largest absolute Gasteiger partial charge is 0.399 e. The second kappa shape index (κ2) is 6.66. The van der Waals surface area contributed by atoms with Crippen LogP contribution >= 0.6 is 11.3 Å². The molecule has 19 heavy (non-hydrogen) atoms. The van der Waals surface area contributed by atoms with Crippen molar-refractivity contribution in [2.75, 3.05) is 12.9 Å². The molecule has 5 nitrogen and oxygen atoms in total. The zero-order chi connectivity index (χ0) is 14.5. The molecule has 0 spiro atoms. The van der Waals surface area contributed by atoms with Crippen molar-refractivity contribution in [2.45, 2.75) is 10.8 Å². The van der Waals surface area contributed by atoms with E-state index in [9.17, 15) is 21.6 Å². The maximum absolute atomic E-state index is 12.6. The van der Waals surface area contributed by atoms with E-state index in [1.54, 1.807) is 0 Å². The lowest BCUT2D eigenvalue weighted by molar-refractivity contribution is 0.215. The maximum Gasteiger partial charge on any atom is 0.301 e. The van der Waals surface area contributed by atoms with Crippen LogP contribution in [0.25, 0.3) is 0 Å². The Morgan fingerprint density at radius 1 is 1.53 bits per heavy atom. The number of sulfone groups is 1. The lowest BCUT2D eigenvalue weighted by Crippen LogP contribution is -2.06. The van der Waals surface area contributed by atoms with Gasteiger partial charge in [0.05, 0.1) is 16.8 Å². The first kappa shape index (κ1) is 15.6. The van der Waals surface area contributed by atoms with E-state index in [0.717, 1.165) is 11.3 Å². The standard InChI is InChI=1S/C9H9F3N2O3S2/c1-17-14-5-6-4-13-9(18-6)19(15,16)3-2-7(10)8(11)12/h4-5H,2-3H2,1H3/b14-5-. The topological polar surface area (TPSA) is 68.6 Å². The molecule has 0 saturated heterocycles. The molecule has 1 heterocycles. The molecule has 0 aliphatic carbocycles. The summed E-state index contributed by atoms with van der Waals surface area (Å²) in [6.45, 7) is 0. The molecule has 0 aromatic carbocycles. The lowest BCUT2D eigenvalue weighted by Gasteiger charge is -1.98. The highest BCUT2D eigenvalue weighted by atomic mass is 32.2. The monoisotopic (exact) mass is 314 g/mol. The fourth-order valence-corrected chi connectivity index (χ4v) is 3.37. The van der Waals surface area contributed by atoms with Crippen molar-refractivity contribution in [1.82, 2.24) is 4.98 Å². The predicted molar refractivity (Wildman–Crippen MR) is 63.7 cm³/mol. The SMILES string of the molecule is CO/N=C\c1cnc(S(=O)(=O)CCC(F)=C(F)F)s1. The van der Waals surface area contributed by atoms with E-state index in [1.807, 2.05) is 0 Å². The van der Waals surface area contributed by atoms with Gasteiger partial charge in [-0.25, -0.2) is 17.8 Å². The van der Waals surface area contributed by atoms with Crippen molar-refractivity contribution in [3.8, 4) is 0 Å². The van der Waals surface area contributed by atoms with Crippen molar-refractivity contribution in [3.05, 3.63) is 23.0 Å². The zero-order valence-corrected chi connectivity index (χ0v) is 11.3. The summed E-state index contributed by atoms with van der Waals surface area (Å²) in [5.41, 5.74) is 0. The molecule has 106 valence electrons. The Labute approximate surface area is 111 Å². The Morgan fingerprint density at radius 3 is 2.79 bits per heavy atom. The van der Waals surface area contributed by atoms with E-state index in [1.165, 1.54) is 19.5 Å². The normalized spacial score (nSPS) is 11.8. The minimum Gasteiger partial charge on any atom is -0.399 e. The number of halogens is 3. The Hall–Kier alpha value is -1.42.